The van der Waals surface area contributed by atoms with E-state index in [0.29, 0.717) is 23.7 Å². The van der Waals surface area contributed by atoms with Gasteiger partial charge in [0.1, 0.15) is 0 Å². The van der Waals surface area contributed by atoms with Gasteiger partial charge in [0.05, 0.1) is 26.4 Å². The van der Waals surface area contributed by atoms with Crippen LogP contribution in [0.5, 0.6) is 0 Å². The second-order valence-electron chi connectivity index (χ2n) is 6.90. The van der Waals surface area contributed by atoms with Crippen LogP contribution in [0.25, 0.3) is 0 Å². The summed E-state index contributed by atoms with van der Waals surface area (Å²) in [4.78, 5) is 0. The van der Waals surface area contributed by atoms with Crippen LogP contribution in [0, 0.1) is 23.7 Å². The molecule has 4 bridgehead atoms. The van der Waals surface area contributed by atoms with Gasteiger partial charge in [-0.05, 0) is 25.7 Å². The average molecular weight is 278 g/mol. The van der Waals surface area contributed by atoms with E-state index < -0.39 is 0 Å². The lowest BCUT2D eigenvalue weighted by molar-refractivity contribution is -0.320. The van der Waals surface area contributed by atoms with Crippen LogP contribution < -0.4 is 0 Å². The smallest absolute Gasteiger partial charge is 0.177 e. The van der Waals surface area contributed by atoms with Crippen molar-refractivity contribution in [1.29, 1.82) is 0 Å². The Morgan fingerprint density at radius 2 is 1.30 bits per heavy atom. The molecule has 2 heterocycles. The second kappa shape index (κ2) is 4.07. The van der Waals surface area contributed by atoms with Crippen molar-refractivity contribution in [1.82, 2.24) is 0 Å². The Hall–Kier alpha value is -0.420. The van der Waals surface area contributed by atoms with Gasteiger partial charge < -0.3 is 18.9 Å². The van der Waals surface area contributed by atoms with Gasteiger partial charge in [-0.1, -0.05) is 12.2 Å². The number of fused-ring (bicyclic) bond motifs is 1. The van der Waals surface area contributed by atoms with E-state index >= 15 is 0 Å². The van der Waals surface area contributed by atoms with E-state index in [4.69, 9.17) is 18.9 Å². The zero-order valence-electron chi connectivity index (χ0n) is 11.8. The highest BCUT2D eigenvalue weighted by molar-refractivity contribution is 5.14. The third kappa shape index (κ3) is 1.36. The highest BCUT2D eigenvalue weighted by Gasteiger charge is 2.65. The van der Waals surface area contributed by atoms with Crippen LogP contribution in [0.3, 0.4) is 0 Å². The van der Waals surface area contributed by atoms with E-state index in [1.807, 2.05) is 0 Å². The number of allylic oxidation sites excluding steroid dienone is 1. The Morgan fingerprint density at radius 1 is 0.700 bits per heavy atom. The molecule has 6 rings (SSSR count). The van der Waals surface area contributed by atoms with Gasteiger partial charge in [-0.2, -0.15) is 0 Å². The molecule has 2 saturated carbocycles. The van der Waals surface area contributed by atoms with Crippen LogP contribution in [-0.4, -0.2) is 38.0 Å². The van der Waals surface area contributed by atoms with Crippen molar-refractivity contribution in [2.45, 2.75) is 37.3 Å². The second-order valence-corrected chi connectivity index (χ2v) is 6.90. The van der Waals surface area contributed by atoms with Crippen LogP contribution in [0.4, 0.5) is 0 Å². The molecule has 2 aliphatic heterocycles. The molecule has 20 heavy (non-hydrogen) atoms. The summed E-state index contributed by atoms with van der Waals surface area (Å²) in [7, 11) is 0. The molecule has 0 amide bonds. The molecule has 4 heteroatoms. The summed E-state index contributed by atoms with van der Waals surface area (Å²) < 4.78 is 24.6. The first kappa shape index (κ1) is 12.2. The molecule has 0 N–H and O–H groups in total. The van der Waals surface area contributed by atoms with Crippen LogP contribution in [-0.2, 0) is 18.9 Å². The molecule has 4 fully saturated rings. The highest BCUT2D eigenvalue weighted by Crippen LogP contribution is 2.60. The molecule has 4 atom stereocenters. The number of hydrogen-bond donors (Lipinski definition) is 0. The van der Waals surface area contributed by atoms with Gasteiger partial charge in [0.2, 0.25) is 0 Å². The zero-order valence-corrected chi connectivity index (χ0v) is 11.8. The maximum absolute atomic E-state index is 6.17. The summed E-state index contributed by atoms with van der Waals surface area (Å²) in [5, 5.41) is 0. The van der Waals surface area contributed by atoms with Gasteiger partial charge in [-0.3, -0.25) is 0 Å². The normalized spacial score (nSPS) is 48.8. The highest BCUT2D eigenvalue weighted by atomic mass is 16.7. The van der Waals surface area contributed by atoms with Crippen LogP contribution >= 0.6 is 0 Å². The standard InChI is InChI=1S/C16H22O4/c1-2-11-8-13-10-14(15(11)17-4-5-18-15)9-12(3-1)16(13)19-6-7-20-16/h1-2,11-14H,3-10H2/b2-1-/t11?,12?,13-,14-/m1/s1. The van der Waals surface area contributed by atoms with Crippen molar-refractivity contribution in [3.63, 3.8) is 0 Å². The quantitative estimate of drug-likeness (QED) is 0.636. The van der Waals surface area contributed by atoms with E-state index in [-0.39, 0.29) is 11.6 Å². The topological polar surface area (TPSA) is 36.9 Å². The first-order chi connectivity index (χ1) is 9.83. The first-order valence-corrected chi connectivity index (χ1v) is 8.06. The number of rotatable bonds is 0. The SMILES string of the molecule is C1=C\C2C[C@@H]3C[C@@H](CC(C/1)C31OCCO1)C21OCCO1. The van der Waals surface area contributed by atoms with E-state index in [1.165, 1.54) is 0 Å². The maximum Gasteiger partial charge on any atom is 0.177 e. The Kier molecular flexibility index (Phi) is 2.47. The van der Waals surface area contributed by atoms with Gasteiger partial charge in [-0.15, -0.1) is 0 Å². The molecule has 4 nitrogen and oxygen atoms in total. The molecule has 0 aromatic carbocycles. The average Bonchev–Trinajstić information content (AvgIpc) is 3.11. The number of hydrogen-bond acceptors (Lipinski definition) is 4. The van der Waals surface area contributed by atoms with Gasteiger partial charge >= 0.3 is 0 Å². The molecular weight excluding hydrogens is 256 g/mol. The van der Waals surface area contributed by atoms with Crippen LogP contribution in [0.1, 0.15) is 25.7 Å². The third-order valence-electron chi connectivity index (χ3n) is 6.17. The van der Waals surface area contributed by atoms with Crippen molar-refractivity contribution in [3.05, 3.63) is 12.2 Å². The van der Waals surface area contributed by atoms with E-state index in [1.54, 1.807) is 0 Å². The molecule has 0 radical (unpaired) electrons. The van der Waals surface area contributed by atoms with Crippen LogP contribution in [0.15, 0.2) is 12.2 Å². The molecule has 110 valence electrons. The Balaban J connectivity index is 1.59. The van der Waals surface area contributed by atoms with Crippen molar-refractivity contribution in [2.24, 2.45) is 23.7 Å². The molecule has 2 saturated heterocycles. The monoisotopic (exact) mass is 278 g/mol. The van der Waals surface area contributed by atoms with Gasteiger partial charge in [-0.25, -0.2) is 0 Å². The summed E-state index contributed by atoms with van der Waals surface area (Å²) in [6, 6.07) is 0. The summed E-state index contributed by atoms with van der Waals surface area (Å²) >= 11 is 0. The van der Waals surface area contributed by atoms with Crippen molar-refractivity contribution in [3.8, 4) is 0 Å². The van der Waals surface area contributed by atoms with Crippen molar-refractivity contribution >= 4 is 0 Å². The molecule has 0 aromatic heterocycles. The third-order valence-corrected chi connectivity index (χ3v) is 6.17. The largest absolute Gasteiger partial charge is 0.347 e. The molecule has 4 aliphatic carbocycles. The van der Waals surface area contributed by atoms with Gasteiger partial charge in [0.15, 0.2) is 11.6 Å². The molecule has 2 unspecified atom stereocenters. The minimum atomic E-state index is -0.341. The fourth-order valence-electron chi connectivity index (χ4n) is 5.50. The zero-order chi connectivity index (χ0) is 13.2. The van der Waals surface area contributed by atoms with Gasteiger partial charge in [0, 0.05) is 23.7 Å². The van der Waals surface area contributed by atoms with Crippen molar-refractivity contribution in [2.75, 3.05) is 26.4 Å². The van der Waals surface area contributed by atoms with Crippen molar-refractivity contribution < 1.29 is 18.9 Å². The summed E-state index contributed by atoms with van der Waals surface area (Å²) in [6.07, 6.45) is 9.03. The number of ether oxygens (including phenoxy) is 4. The van der Waals surface area contributed by atoms with Gasteiger partial charge in [0.25, 0.3) is 0 Å². The Labute approximate surface area is 119 Å². The lowest BCUT2D eigenvalue weighted by atomic mass is 9.56. The molecule has 6 aliphatic rings. The summed E-state index contributed by atoms with van der Waals surface area (Å²) in [5.41, 5.74) is 0. The molecular formula is C16H22O4. The molecule has 2 spiro atoms. The van der Waals surface area contributed by atoms with E-state index in [2.05, 4.69) is 12.2 Å². The predicted molar refractivity (Wildman–Crippen MR) is 70.8 cm³/mol. The Morgan fingerprint density at radius 3 is 2.05 bits per heavy atom. The van der Waals surface area contributed by atoms with E-state index in [9.17, 15) is 0 Å². The first-order valence-electron chi connectivity index (χ1n) is 8.06. The Bertz CT molecular complexity index is 434. The molecule has 0 aromatic rings. The minimum absolute atomic E-state index is 0.306. The fraction of sp³-hybridized carbons (Fsp3) is 0.875. The lowest BCUT2D eigenvalue weighted by Gasteiger charge is -2.58. The lowest BCUT2D eigenvalue weighted by Crippen LogP contribution is -2.62. The summed E-state index contributed by atoms with van der Waals surface area (Å²) in [5.74, 6) is 1.17. The minimum Gasteiger partial charge on any atom is -0.347 e. The fourth-order valence-corrected chi connectivity index (χ4v) is 5.50. The predicted octanol–water partition coefficient (Wildman–Crippen LogP) is 2.09. The van der Waals surface area contributed by atoms with Crippen LogP contribution in [0.2, 0.25) is 0 Å². The summed E-state index contributed by atoms with van der Waals surface area (Å²) in [6.45, 7) is 3.00. The van der Waals surface area contributed by atoms with E-state index in [0.717, 1.165) is 52.1 Å². The maximum atomic E-state index is 6.17.